The molecule has 0 bridgehead atoms. The first-order valence-corrected chi connectivity index (χ1v) is 7.71. The maximum atomic E-state index is 12.9. The van der Waals surface area contributed by atoms with Gasteiger partial charge in [-0.2, -0.15) is 0 Å². The minimum atomic E-state index is -1.10. The van der Waals surface area contributed by atoms with E-state index in [0.717, 1.165) is 16.7 Å². The van der Waals surface area contributed by atoms with Crippen LogP contribution >= 0.6 is 0 Å². The van der Waals surface area contributed by atoms with Gasteiger partial charge in [-0.25, -0.2) is 9.18 Å². The Kier molecular flexibility index (Phi) is 5.68. The lowest BCUT2D eigenvalue weighted by Gasteiger charge is -2.18. The molecule has 0 aliphatic carbocycles. The first-order chi connectivity index (χ1) is 11.4. The summed E-state index contributed by atoms with van der Waals surface area (Å²) in [5, 5.41) is 12.0. The van der Waals surface area contributed by atoms with E-state index in [4.69, 9.17) is 0 Å². The van der Waals surface area contributed by atoms with E-state index >= 15 is 0 Å². The summed E-state index contributed by atoms with van der Waals surface area (Å²) in [6.07, 6.45) is 0.561. The molecule has 1 atom stereocenters. The highest BCUT2D eigenvalue weighted by molar-refractivity contribution is 5.85. The minimum Gasteiger partial charge on any atom is -0.479 e. The molecule has 2 N–H and O–H groups in total. The number of benzene rings is 2. The van der Waals surface area contributed by atoms with Gasteiger partial charge < -0.3 is 10.4 Å². The molecule has 0 radical (unpaired) electrons. The minimum absolute atomic E-state index is 0.139. The lowest BCUT2D eigenvalue weighted by Crippen LogP contribution is -2.34. The highest BCUT2D eigenvalue weighted by Crippen LogP contribution is 2.21. The van der Waals surface area contributed by atoms with E-state index in [0.29, 0.717) is 12.0 Å². The van der Waals surface area contributed by atoms with E-state index in [-0.39, 0.29) is 18.1 Å². The second kappa shape index (κ2) is 7.73. The van der Waals surface area contributed by atoms with Crippen molar-refractivity contribution in [2.75, 3.05) is 0 Å². The van der Waals surface area contributed by atoms with Crippen LogP contribution in [0, 0.1) is 19.7 Å². The number of aliphatic carboxylic acids is 1. The van der Waals surface area contributed by atoms with Crippen molar-refractivity contribution in [2.24, 2.45) is 0 Å². The normalized spacial score (nSPS) is 11.8. The molecule has 24 heavy (non-hydrogen) atoms. The van der Waals surface area contributed by atoms with E-state index in [9.17, 15) is 19.1 Å². The molecule has 4 nitrogen and oxygen atoms in total. The van der Waals surface area contributed by atoms with Crippen LogP contribution in [0.2, 0.25) is 0 Å². The predicted molar refractivity (Wildman–Crippen MR) is 89.2 cm³/mol. The second-order valence-corrected chi connectivity index (χ2v) is 5.75. The van der Waals surface area contributed by atoms with Gasteiger partial charge in [-0.05, 0) is 54.7 Å². The van der Waals surface area contributed by atoms with E-state index in [2.05, 4.69) is 5.32 Å². The molecule has 0 fully saturated rings. The molecule has 0 heterocycles. The van der Waals surface area contributed by atoms with Crippen molar-refractivity contribution in [3.8, 4) is 0 Å². The van der Waals surface area contributed by atoms with E-state index < -0.39 is 12.0 Å². The fourth-order valence-electron chi connectivity index (χ4n) is 2.50. The average molecular weight is 329 g/mol. The zero-order chi connectivity index (χ0) is 17.7. The Balaban J connectivity index is 2.05. The Hall–Kier alpha value is -2.69. The number of aryl methyl sites for hydroxylation is 2. The summed E-state index contributed by atoms with van der Waals surface area (Å²) in [7, 11) is 0. The van der Waals surface area contributed by atoms with Gasteiger partial charge >= 0.3 is 5.97 Å². The maximum absolute atomic E-state index is 12.9. The smallest absolute Gasteiger partial charge is 0.330 e. The molecule has 0 aliphatic heterocycles. The fourth-order valence-corrected chi connectivity index (χ4v) is 2.50. The van der Waals surface area contributed by atoms with Gasteiger partial charge in [-0.15, -0.1) is 0 Å². The molecule has 0 aromatic heterocycles. The molecule has 2 aromatic carbocycles. The van der Waals surface area contributed by atoms with Crippen molar-refractivity contribution in [3.63, 3.8) is 0 Å². The van der Waals surface area contributed by atoms with E-state index in [1.54, 1.807) is 24.3 Å². The van der Waals surface area contributed by atoms with Crippen LogP contribution in [0.4, 0.5) is 4.39 Å². The topological polar surface area (TPSA) is 66.4 Å². The SMILES string of the molecule is Cc1cccc(C(NC(=O)CCc2ccc(F)cc2)C(=O)O)c1C. The zero-order valence-corrected chi connectivity index (χ0v) is 13.7. The summed E-state index contributed by atoms with van der Waals surface area (Å²) >= 11 is 0. The van der Waals surface area contributed by atoms with Crippen LogP contribution < -0.4 is 5.32 Å². The molecule has 5 heteroatoms. The number of carbonyl (C=O) groups is 2. The van der Waals surface area contributed by atoms with E-state index in [1.807, 2.05) is 19.9 Å². The molecule has 0 spiro atoms. The van der Waals surface area contributed by atoms with Crippen LogP contribution in [0.1, 0.15) is 34.7 Å². The predicted octanol–water partition coefficient (Wildman–Crippen LogP) is 3.32. The standard InChI is InChI=1S/C19H20FNO3/c1-12-4-3-5-16(13(12)2)18(19(23)24)21-17(22)11-8-14-6-9-15(20)10-7-14/h3-7,9-10,18H,8,11H2,1-2H3,(H,21,22)(H,23,24). The molecular formula is C19H20FNO3. The number of carbonyl (C=O) groups excluding carboxylic acids is 1. The summed E-state index contributed by atoms with van der Waals surface area (Å²) in [6.45, 7) is 3.74. The van der Waals surface area contributed by atoms with Crippen LogP contribution in [-0.2, 0) is 16.0 Å². The van der Waals surface area contributed by atoms with Gasteiger partial charge in [0.2, 0.25) is 5.91 Å². The monoisotopic (exact) mass is 329 g/mol. The number of hydrogen-bond acceptors (Lipinski definition) is 2. The Morgan fingerprint density at radius 2 is 1.79 bits per heavy atom. The number of carboxylic acids is 1. The summed E-state index contributed by atoms with van der Waals surface area (Å²) in [5.74, 6) is -1.78. The number of hydrogen-bond donors (Lipinski definition) is 2. The van der Waals surface area contributed by atoms with Gasteiger partial charge in [-0.3, -0.25) is 4.79 Å². The van der Waals surface area contributed by atoms with Crippen LogP contribution in [0.25, 0.3) is 0 Å². The number of carboxylic acid groups (broad SMARTS) is 1. The number of amides is 1. The van der Waals surface area contributed by atoms with Gasteiger partial charge in [0, 0.05) is 6.42 Å². The lowest BCUT2D eigenvalue weighted by atomic mass is 9.97. The fraction of sp³-hybridized carbons (Fsp3) is 0.263. The summed E-state index contributed by atoms with van der Waals surface area (Å²) in [5.41, 5.74) is 3.23. The van der Waals surface area contributed by atoms with Gasteiger partial charge in [0.25, 0.3) is 0 Å². The van der Waals surface area contributed by atoms with Gasteiger partial charge in [0.1, 0.15) is 5.82 Å². The zero-order valence-electron chi connectivity index (χ0n) is 13.7. The van der Waals surface area contributed by atoms with Gasteiger partial charge in [-0.1, -0.05) is 30.3 Å². The number of nitrogens with one attached hydrogen (secondary N) is 1. The van der Waals surface area contributed by atoms with Crippen molar-refractivity contribution >= 4 is 11.9 Å². The molecule has 0 saturated carbocycles. The highest BCUT2D eigenvalue weighted by atomic mass is 19.1. The van der Waals surface area contributed by atoms with Crippen LogP contribution in [0.15, 0.2) is 42.5 Å². The molecule has 2 aromatic rings. The van der Waals surface area contributed by atoms with Gasteiger partial charge in [0.15, 0.2) is 6.04 Å². The first-order valence-electron chi connectivity index (χ1n) is 7.71. The van der Waals surface area contributed by atoms with Crippen molar-refractivity contribution in [2.45, 2.75) is 32.7 Å². The summed E-state index contributed by atoms with van der Waals surface area (Å²) in [6, 6.07) is 10.2. The summed E-state index contributed by atoms with van der Waals surface area (Å²) in [4.78, 5) is 23.7. The molecule has 2 rings (SSSR count). The van der Waals surface area contributed by atoms with Crippen molar-refractivity contribution in [1.29, 1.82) is 0 Å². The summed E-state index contributed by atoms with van der Waals surface area (Å²) < 4.78 is 12.9. The number of halogens is 1. The molecule has 126 valence electrons. The highest BCUT2D eigenvalue weighted by Gasteiger charge is 2.23. The third kappa shape index (κ3) is 4.41. The first kappa shape index (κ1) is 17.7. The van der Waals surface area contributed by atoms with Crippen molar-refractivity contribution in [1.82, 2.24) is 5.32 Å². The lowest BCUT2D eigenvalue weighted by molar-refractivity contribution is -0.142. The van der Waals surface area contributed by atoms with Crippen LogP contribution in [0.5, 0.6) is 0 Å². The number of rotatable bonds is 6. The van der Waals surface area contributed by atoms with Crippen LogP contribution in [0.3, 0.4) is 0 Å². The Bertz CT molecular complexity index is 741. The van der Waals surface area contributed by atoms with Crippen LogP contribution in [-0.4, -0.2) is 17.0 Å². The average Bonchev–Trinajstić information content (AvgIpc) is 2.55. The van der Waals surface area contributed by atoms with Crippen molar-refractivity contribution < 1.29 is 19.1 Å². The molecule has 0 saturated heterocycles. The molecule has 1 amide bonds. The Labute approximate surface area is 140 Å². The Morgan fingerprint density at radius 3 is 2.42 bits per heavy atom. The quantitative estimate of drug-likeness (QED) is 0.854. The van der Waals surface area contributed by atoms with Crippen molar-refractivity contribution in [3.05, 3.63) is 70.5 Å². The molecule has 1 unspecified atom stereocenters. The molecule has 0 aliphatic rings. The van der Waals surface area contributed by atoms with Gasteiger partial charge in [0.05, 0.1) is 0 Å². The third-order valence-corrected chi connectivity index (χ3v) is 4.06. The second-order valence-electron chi connectivity index (χ2n) is 5.75. The largest absolute Gasteiger partial charge is 0.479 e. The third-order valence-electron chi connectivity index (χ3n) is 4.06. The van der Waals surface area contributed by atoms with E-state index in [1.165, 1.54) is 12.1 Å². The maximum Gasteiger partial charge on any atom is 0.330 e. The Morgan fingerprint density at radius 1 is 1.12 bits per heavy atom. The molecular weight excluding hydrogens is 309 g/mol.